The molecule has 7 heteroatoms. The monoisotopic (exact) mass is 446 g/mol. The summed E-state index contributed by atoms with van der Waals surface area (Å²) in [6.45, 7) is 12.4. The van der Waals surface area contributed by atoms with E-state index in [1.54, 1.807) is 0 Å². The molecule has 0 aromatic carbocycles. The lowest BCUT2D eigenvalue weighted by Gasteiger charge is -2.50. The first kappa shape index (κ1) is 22.3. The van der Waals surface area contributed by atoms with E-state index < -0.39 is 30.7 Å². The minimum absolute atomic E-state index is 0.0323. The standard InChI is InChI=1S/C25H34O7/c1-12-28-11-18-22(30-12)23(31-13(2)29-18)21-19-14(26)7-24(3,4)9-16(19)32-17-10-25(5,6)8-15(27)20(17)21/h12-13,18,21-23H,7-11H2,1-6H3/t12-,13-,18-,22-,23+/m1/s1. The molecule has 0 bridgehead atoms. The number of allylic oxidation sites excluding steroid dienone is 2. The van der Waals surface area contributed by atoms with Crippen LogP contribution in [0.15, 0.2) is 22.7 Å². The number of Topliss-reactive ketones (excluding diaryl/α,β-unsaturated/α-hetero) is 2. The number of hydrogen-bond acceptors (Lipinski definition) is 7. The van der Waals surface area contributed by atoms with Gasteiger partial charge in [0.05, 0.1) is 12.5 Å². The second-order valence-corrected chi connectivity index (χ2v) is 11.5. The van der Waals surface area contributed by atoms with Crippen molar-refractivity contribution in [2.45, 2.75) is 98.1 Å². The zero-order valence-corrected chi connectivity index (χ0v) is 19.9. The van der Waals surface area contributed by atoms with Crippen LogP contribution in [0.1, 0.15) is 67.2 Å². The number of ether oxygens (including phenoxy) is 5. The van der Waals surface area contributed by atoms with E-state index in [1.165, 1.54) is 0 Å². The highest BCUT2D eigenvalue weighted by Crippen LogP contribution is 2.52. The first-order chi connectivity index (χ1) is 14.9. The van der Waals surface area contributed by atoms with Crippen LogP contribution in [0.3, 0.4) is 0 Å². The average molecular weight is 447 g/mol. The summed E-state index contributed by atoms with van der Waals surface area (Å²) >= 11 is 0. The molecule has 0 amide bonds. The van der Waals surface area contributed by atoms with Gasteiger partial charge in [0.25, 0.3) is 0 Å². The van der Waals surface area contributed by atoms with Gasteiger partial charge in [-0.15, -0.1) is 0 Å². The number of carbonyl (C=O) groups is 2. The van der Waals surface area contributed by atoms with Crippen molar-refractivity contribution in [1.29, 1.82) is 0 Å². The predicted octanol–water partition coefficient (Wildman–Crippen LogP) is 3.81. The van der Waals surface area contributed by atoms with E-state index in [9.17, 15) is 9.59 Å². The van der Waals surface area contributed by atoms with E-state index >= 15 is 0 Å². The molecule has 0 aromatic rings. The molecule has 2 fully saturated rings. The van der Waals surface area contributed by atoms with Crippen LogP contribution in [-0.2, 0) is 33.3 Å². The van der Waals surface area contributed by atoms with Gasteiger partial charge in [-0.25, -0.2) is 0 Å². The van der Waals surface area contributed by atoms with Gasteiger partial charge in [0, 0.05) is 36.8 Å². The summed E-state index contributed by atoms with van der Waals surface area (Å²) in [6.07, 6.45) is -0.0443. The van der Waals surface area contributed by atoms with Crippen LogP contribution >= 0.6 is 0 Å². The molecule has 2 aliphatic carbocycles. The molecule has 3 heterocycles. The van der Waals surface area contributed by atoms with E-state index in [4.69, 9.17) is 23.7 Å². The number of ketones is 2. The molecule has 0 N–H and O–H groups in total. The molecule has 3 aliphatic heterocycles. The number of carbonyl (C=O) groups excluding carboxylic acids is 2. The van der Waals surface area contributed by atoms with Crippen LogP contribution in [0.5, 0.6) is 0 Å². The molecule has 5 aliphatic rings. The van der Waals surface area contributed by atoms with Crippen LogP contribution < -0.4 is 0 Å². The van der Waals surface area contributed by atoms with E-state index in [1.807, 2.05) is 13.8 Å². The number of rotatable bonds is 1. The van der Waals surface area contributed by atoms with Gasteiger partial charge in [0.1, 0.15) is 29.8 Å². The normalized spacial score (nSPS) is 39.2. The second-order valence-electron chi connectivity index (χ2n) is 11.5. The quantitative estimate of drug-likeness (QED) is 0.606. The molecule has 0 aromatic heterocycles. The van der Waals surface area contributed by atoms with Gasteiger partial charge in [-0.3, -0.25) is 9.59 Å². The Morgan fingerprint density at radius 1 is 0.719 bits per heavy atom. The Labute approximate surface area is 189 Å². The fourth-order valence-electron chi connectivity index (χ4n) is 5.98. The van der Waals surface area contributed by atoms with E-state index in [0.717, 1.165) is 0 Å². The molecular formula is C25H34O7. The van der Waals surface area contributed by atoms with Crippen LogP contribution in [0.25, 0.3) is 0 Å². The second kappa shape index (κ2) is 7.49. The van der Waals surface area contributed by atoms with Gasteiger partial charge in [-0.2, -0.15) is 0 Å². The van der Waals surface area contributed by atoms with Crippen LogP contribution in [0.4, 0.5) is 0 Å². The number of hydrogen-bond donors (Lipinski definition) is 0. The minimum atomic E-state index is -0.524. The molecule has 2 saturated heterocycles. The van der Waals surface area contributed by atoms with E-state index in [0.29, 0.717) is 55.0 Å². The molecule has 0 spiro atoms. The first-order valence-corrected chi connectivity index (χ1v) is 11.7. The SMILES string of the molecule is C[C@@H]1OC[C@H]2O[C@@H](C)O[C@@H](C3C4=C(CC(C)(C)CC4=O)OC4=C3C(=O)CC(C)(C)C4)[C@@H]2O1. The summed E-state index contributed by atoms with van der Waals surface area (Å²) in [6, 6.07) is 0. The summed E-state index contributed by atoms with van der Waals surface area (Å²) in [4.78, 5) is 27.0. The Morgan fingerprint density at radius 2 is 1.25 bits per heavy atom. The van der Waals surface area contributed by atoms with Gasteiger partial charge in [-0.1, -0.05) is 27.7 Å². The van der Waals surface area contributed by atoms with Crippen molar-refractivity contribution in [3.05, 3.63) is 22.7 Å². The Morgan fingerprint density at radius 3 is 1.81 bits per heavy atom. The Bertz CT molecular complexity index is 859. The fourth-order valence-corrected chi connectivity index (χ4v) is 5.98. The molecule has 32 heavy (non-hydrogen) atoms. The minimum Gasteiger partial charge on any atom is -0.465 e. The van der Waals surface area contributed by atoms with Crippen molar-refractivity contribution < 1.29 is 33.3 Å². The molecule has 5 atom stereocenters. The highest BCUT2D eigenvalue weighted by Gasteiger charge is 2.55. The lowest BCUT2D eigenvalue weighted by Crippen LogP contribution is -2.60. The lowest BCUT2D eigenvalue weighted by atomic mass is 9.65. The van der Waals surface area contributed by atoms with Crippen molar-refractivity contribution >= 4 is 11.6 Å². The van der Waals surface area contributed by atoms with E-state index in [2.05, 4.69) is 27.7 Å². The Hall–Kier alpha value is -1.54. The Kier molecular flexibility index (Phi) is 5.21. The van der Waals surface area contributed by atoms with Gasteiger partial charge >= 0.3 is 0 Å². The largest absolute Gasteiger partial charge is 0.465 e. The molecular weight excluding hydrogens is 412 g/mol. The van der Waals surface area contributed by atoms with Crippen LogP contribution in [0.2, 0.25) is 0 Å². The predicted molar refractivity (Wildman–Crippen MR) is 114 cm³/mol. The van der Waals surface area contributed by atoms with Gasteiger partial charge in [0.2, 0.25) is 0 Å². The highest BCUT2D eigenvalue weighted by molar-refractivity contribution is 6.04. The van der Waals surface area contributed by atoms with Crippen molar-refractivity contribution in [2.24, 2.45) is 16.7 Å². The maximum Gasteiger partial charge on any atom is 0.163 e. The summed E-state index contributed by atoms with van der Waals surface area (Å²) in [5, 5.41) is 0. The fraction of sp³-hybridized carbons (Fsp3) is 0.760. The highest BCUT2D eigenvalue weighted by atomic mass is 16.8. The van der Waals surface area contributed by atoms with Gasteiger partial charge in [-0.05, 0) is 24.7 Å². The van der Waals surface area contributed by atoms with Crippen molar-refractivity contribution in [2.75, 3.05) is 6.61 Å². The Balaban J connectivity index is 1.64. The topological polar surface area (TPSA) is 80.3 Å². The summed E-state index contributed by atoms with van der Waals surface area (Å²) in [5.41, 5.74) is 0.805. The third kappa shape index (κ3) is 3.77. The molecule has 176 valence electrons. The summed E-state index contributed by atoms with van der Waals surface area (Å²) in [7, 11) is 0. The molecule has 5 rings (SSSR count). The summed E-state index contributed by atoms with van der Waals surface area (Å²) in [5.74, 6) is 0.944. The van der Waals surface area contributed by atoms with Gasteiger partial charge < -0.3 is 23.7 Å². The number of fused-ring (bicyclic) bond motifs is 1. The zero-order chi connectivity index (χ0) is 23.0. The third-order valence-electron chi connectivity index (χ3n) is 7.20. The molecule has 0 radical (unpaired) electrons. The van der Waals surface area contributed by atoms with Crippen LogP contribution in [-0.4, -0.2) is 49.1 Å². The lowest BCUT2D eigenvalue weighted by molar-refractivity contribution is -0.354. The average Bonchev–Trinajstić information content (AvgIpc) is 2.64. The van der Waals surface area contributed by atoms with Crippen molar-refractivity contribution in [1.82, 2.24) is 0 Å². The maximum absolute atomic E-state index is 13.5. The van der Waals surface area contributed by atoms with Crippen LogP contribution in [0, 0.1) is 16.7 Å². The van der Waals surface area contributed by atoms with Crippen molar-refractivity contribution in [3.8, 4) is 0 Å². The smallest absolute Gasteiger partial charge is 0.163 e. The first-order valence-electron chi connectivity index (χ1n) is 11.7. The zero-order valence-electron chi connectivity index (χ0n) is 19.9. The van der Waals surface area contributed by atoms with Gasteiger partial charge in [0.15, 0.2) is 24.1 Å². The molecule has 0 saturated carbocycles. The van der Waals surface area contributed by atoms with Crippen molar-refractivity contribution in [3.63, 3.8) is 0 Å². The molecule has 0 unspecified atom stereocenters. The maximum atomic E-state index is 13.5. The van der Waals surface area contributed by atoms with E-state index in [-0.39, 0.29) is 28.5 Å². The summed E-state index contributed by atoms with van der Waals surface area (Å²) < 4.78 is 30.4. The molecule has 7 nitrogen and oxygen atoms in total. The third-order valence-corrected chi connectivity index (χ3v) is 7.20.